The molecule has 3 heteroatoms. The van der Waals surface area contributed by atoms with Gasteiger partial charge in [-0.15, -0.1) is 0 Å². The van der Waals surface area contributed by atoms with Crippen molar-refractivity contribution in [2.45, 2.75) is 25.2 Å². The predicted octanol–water partition coefficient (Wildman–Crippen LogP) is 3.02. The van der Waals surface area contributed by atoms with Crippen molar-refractivity contribution in [1.29, 1.82) is 0 Å². The van der Waals surface area contributed by atoms with Gasteiger partial charge in [0, 0.05) is 31.5 Å². The summed E-state index contributed by atoms with van der Waals surface area (Å²) >= 11 is 0. The van der Waals surface area contributed by atoms with E-state index in [1.807, 2.05) is 0 Å². The third-order valence-electron chi connectivity index (χ3n) is 4.20. The van der Waals surface area contributed by atoms with Gasteiger partial charge in [0.05, 0.1) is 7.11 Å². The average Bonchev–Trinajstić information content (AvgIpc) is 2.47. The second kappa shape index (κ2) is 5.19. The highest BCUT2D eigenvalue weighted by molar-refractivity contribution is 5.58. The van der Waals surface area contributed by atoms with E-state index < -0.39 is 0 Å². The molecule has 2 unspecified atom stereocenters. The minimum absolute atomic E-state index is 0.646. The van der Waals surface area contributed by atoms with Crippen LogP contribution in [0.3, 0.4) is 0 Å². The molecular formula is C15H21NO2. The maximum atomic E-state index is 5.65. The highest BCUT2D eigenvalue weighted by Crippen LogP contribution is 2.41. The van der Waals surface area contributed by atoms with E-state index in [-0.39, 0.29) is 0 Å². The van der Waals surface area contributed by atoms with Crippen LogP contribution in [-0.4, -0.2) is 26.9 Å². The number of nitrogens with one attached hydrogen (secondary N) is 1. The second-order valence-electron chi connectivity index (χ2n) is 5.25. The van der Waals surface area contributed by atoms with Crippen molar-refractivity contribution in [3.8, 4) is 5.75 Å². The van der Waals surface area contributed by atoms with Crippen LogP contribution in [0, 0.1) is 5.92 Å². The van der Waals surface area contributed by atoms with Crippen LogP contribution in [0.15, 0.2) is 18.2 Å². The smallest absolute Gasteiger partial charge is 0.120 e. The van der Waals surface area contributed by atoms with Gasteiger partial charge < -0.3 is 14.8 Å². The molecule has 0 aliphatic carbocycles. The molecule has 1 fully saturated rings. The number of hydrogen-bond acceptors (Lipinski definition) is 3. The Balaban J connectivity index is 1.86. The van der Waals surface area contributed by atoms with E-state index >= 15 is 0 Å². The van der Waals surface area contributed by atoms with Crippen LogP contribution < -0.4 is 10.1 Å². The molecule has 0 bridgehead atoms. The van der Waals surface area contributed by atoms with E-state index in [2.05, 4.69) is 23.5 Å². The lowest BCUT2D eigenvalue weighted by Crippen LogP contribution is -2.28. The Hall–Kier alpha value is -1.22. The van der Waals surface area contributed by atoms with Gasteiger partial charge in [-0.2, -0.15) is 0 Å². The molecule has 1 N–H and O–H groups in total. The maximum Gasteiger partial charge on any atom is 0.120 e. The molecule has 0 aromatic heterocycles. The Bertz CT molecular complexity index is 413. The van der Waals surface area contributed by atoms with Crippen molar-refractivity contribution < 1.29 is 9.47 Å². The first-order valence-electron chi connectivity index (χ1n) is 6.88. The summed E-state index contributed by atoms with van der Waals surface area (Å²) < 4.78 is 10.9. The van der Waals surface area contributed by atoms with Crippen molar-refractivity contribution in [3.63, 3.8) is 0 Å². The second-order valence-corrected chi connectivity index (χ2v) is 5.25. The summed E-state index contributed by atoms with van der Waals surface area (Å²) in [5.74, 6) is 2.27. The van der Waals surface area contributed by atoms with Gasteiger partial charge in [0.15, 0.2) is 0 Å². The summed E-state index contributed by atoms with van der Waals surface area (Å²) in [6.07, 6.45) is 3.73. The summed E-state index contributed by atoms with van der Waals surface area (Å²) in [5.41, 5.74) is 2.69. The van der Waals surface area contributed by atoms with Crippen LogP contribution >= 0.6 is 0 Å². The Kier molecular flexibility index (Phi) is 3.41. The molecule has 3 nitrogen and oxygen atoms in total. The van der Waals surface area contributed by atoms with Crippen molar-refractivity contribution in [1.82, 2.24) is 0 Å². The molecule has 0 amide bonds. The summed E-state index contributed by atoms with van der Waals surface area (Å²) in [5, 5.41) is 3.49. The Labute approximate surface area is 108 Å². The molecule has 18 heavy (non-hydrogen) atoms. The molecule has 2 heterocycles. The zero-order valence-electron chi connectivity index (χ0n) is 10.9. The lowest BCUT2D eigenvalue weighted by molar-refractivity contribution is 0.0429. The van der Waals surface area contributed by atoms with Gasteiger partial charge in [0.25, 0.3) is 0 Å². The van der Waals surface area contributed by atoms with Crippen LogP contribution in [0.2, 0.25) is 0 Å². The van der Waals surface area contributed by atoms with Gasteiger partial charge in [-0.1, -0.05) is 6.07 Å². The van der Waals surface area contributed by atoms with Gasteiger partial charge >= 0.3 is 0 Å². The van der Waals surface area contributed by atoms with E-state index in [1.54, 1.807) is 7.11 Å². The molecule has 0 radical (unpaired) electrons. The van der Waals surface area contributed by atoms with Gasteiger partial charge in [0.1, 0.15) is 5.75 Å². The molecule has 3 rings (SSSR count). The highest BCUT2D eigenvalue weighted by Gasteiger charge is 2.29. The molecule has 0 saturated carbocycles. The number of rotatable bonds is 2. The molecule has 1 aromatic carbocycles. The first-order chi connectivity index (χ1) is 8.88. The lowest BCUT2D eigenvalue weighted by atomic mass is 9.78. The quantitative estimate of drug-likeness (QED) is 0.871. The summed E-state index contributed by atoms with van der Waals surface area (Å²) in [6, 6.07) is 6.41. The topological polar surface area (TPSA) is 30.5 Å². The standard InChI is InChI=1S/C15H21NO2/c1-17-12-4-5-14-13(6-7-16-15(14)9-12)11-3-2-8-18-10-11/h4-5,9,11,13,16H,2-3,6-8,10H2,1H3. The summed E-state index contributed by atoms with van der Waals surface area (Å²) in [7, 11) is 1.72. The normalized spacial score (nSPS) is 27.2. The fourth-order valence-corrected chi connectivity index (χ4v) is 3.23. The molecule has 98 valence electrons. The first kappa shape index (κ1) is 11.8. The van der Waals surface area contributed by atoms with E-state index in [1.165, 1.54) is 30.5 Å². The fourth-order valence-electron chi connectivity index (χ4n) is 3.23. The van der Waals surface area contributed by atoms with Gasteiger partial charge in [0.2, 0.25) is 0 Å². The monoisotopic (exact) mass is 247 g/mol. The summed E-state index contributed by atoms with van der Waals surface area (Å²) in [6.45, 7) is 2.93. The van der Waals surface area contributed by atoms with Crippen LogP contribution in [0.5, 0.6) is 5.75 Å². The third-order valence-corrected chi connectivity index (χ3v) is 4.20. The third kappa shape index (κ3) is 2.19. The Morgan fingerprint density at radius 1 is 1.33 bits per heavy atom. The Morgan fingerprint density at radius 3 is 3.06 bits per heavy atom. The van der Waals surface area contributed by atoms with Crippen LogP contribution in [0.4, 0.5) is 5.69 Å². The molecule has 2 atom stereocenters. The maximum absolute atomic E-state index is 5.65. The average molecular weight is 247 g/mol. The van der Waals surface area contributed by atoms with E-state index in [0.29, 0.717) is 11.8 Å². The van der Waals surface area contributed by atoms with Gasteiger partial charge in [-0.25, -0.2) is 0 Å². The zero-order chi connectivity index (χ0) is 12.4. The van der Waals surface area contributed by atoms with Gasteiger partial charge in [-0.3, -0.25) is 0 Å². The number of methoxy groups -OCH3 is 1. The molecule has 0 spiro atoms. The lowest BCUT2D eigenvalue weighted by Gasteiger charge is -2.35. The predicted molar refractivity (Wildman–Crippen MR) is 72.4 cm³/mol. The van der Waals surface area contributed by atoms with E-state index in [4.69, 9.17) is 9.47 Å². The van der Waals surface area contributed by atoms with E-state index in [0.717, 1.165) is 25.5 Å². The molecule has 2 aliphatic heterocycles. The van der Waals surface area contributed by atoms with E-state index in [9.17, 15) is 0 Å². The first-order valence-corrected chi connectivity index (χ1v) is 6.88. The number of fused-ring (bicyclic) bond motifs is 1. The minimum atomic E-state index is 0.646. The molecule has 1 saturated heterocycles. The van der Waals surface area contributed by atoms with Crippen LogP contribution in [0.1, 0.15) is 30.7 Å². The number of benzene rings is 1. The number of anilines is 1. The highest BCUT2D eigenvalue weighted by atomic mass is 16.5. The fraction of sp³-hybridized carbons (Fsp3) is 0.600. The molecular weight excluding hydrogens is 226 g/mol. The van der Waals surface area contributed by atoms with Crippen molar-refractivity contribution in [2.24, 2.45) is 5.92 Å². The molecule has 2 aliphatic rings. The van der Waals surface area contributed by atoms with Crippen molar-refractivity contribution in [2.75, 3.05) is 32.2 Å². The van der Waals surface area contributed by atoms with Gasteiger partial charge in [-0.05, 0) is 42.7 Å². The number of hydrogen-bond donors (Lipinski definition) is 1. The summed E-state index contributed by atoms with van der Waals surface area (Å²) in [4.78, 5) is 0. The largest absolute Gasteiger partial charge is 0.497 e. The Morgan fingerprint density at radius 2 is 2.28 bits per heavy atom. The van der Waals surface area contributed by atoms with Crippen molar-refractivity contribution in [3.05, 3.63) is 23.8 Å². The van der Waals surface area contributed by atoms with Crippen LogP contribution in [0.25, 0.3) is 0 Å². The molecule has 1 aromatic rings. The zero-order valence-corrected chi connectivity index (χ0v) is 10.9. The number of ether oxygens (including phenoxy) is 2. The van der Waals surface area contributed by atoms with Crippen LogP contribution in [-0.2, 0) is 4.74 Å². The SMILES string of the molecule is COc1ccc2c(c1)NCCC2C1CCCOC1. The minimum Gasteiger partial charge on any atom is -0.497 e. The van der Waals surface area contributed by atoms with Crippen molar-refractivity contribution >= 4 is 5.69 Å².